The fourth-order valence-corrected chi connectivity index (χ4v) is 3.35. The van der Waals surface area contributed by atoms with Gasteiger partial charge in [0.25, 0.3) is 5.91 Å². The summed E-state index contributed by atoms with van der Waals surface area (Å²) in [6.45, 7) is 4.93. The molecule has 1 saturated heterocycles. The maximum absolute atomic E-state index is 12.6. The molecule has 0 radical (unpaired) electrons. The first kappa shape index (κ1) is 15.5. The topological polar surface area (TPSA) is 72.2 Å². The zero-order valence-corrected chi connectivity index (χ0v) is 14.1. The van der Waals surface area contributed by atoms with Gasteiger partial charge in [-0.3, -0.25) is 4.79 Å². The lowest BCUT2D eigenvalue weighted by Gasteiger charge is -2.36. The number of nitrogens with zero attached hydrogens (tertiary/aromatic N) is 2. The molecule has 1 aliphatic heterocycles. The summed E-state index contributed by atoms with van der Waals surface area (Å²) in [5, 5.41) is 0. The van der Waals surface area contributed by atoms with E-state index >= 15 is 0 Å². The van der Waals surface area contributed by atoms with Crippen molar-refractivity contribution in [2.75, 3.05) is 31.1 Å². The van der Waals surface area contributed by atoms with Crippen LogP contribution in [0.2, 0.25) is 0 Å². The smallest absolute Gasteiger partial charge is 0.323 e. The SMILES string of the molecule is Cc1cccc(C(=O)N2CCN(c3ccc4[nH]c(=O)[nH]c4c3)CC2)c1. The van der Waals surface area contributed by atoms with Crippen LogP contribution in [0.5, 0.6) is 0 Å². The Morgan fingerprint density at radius 3 is 2.48 bits per heavy atom. The maximum atomic E-state index is 12.6. The third kappa shape index (κ3) is 3.03. The molecule has 6 nitrogen and oxygen atoms in total. The van der Waals surface area contributed by atoms with Crippen LogP contribution in [-0.2, 0) is 0 Å². The van der Waals surface area contributed by atoms with Crippen molar-refractivity contribution in [3.05, 3.63) is 64.1 Å². The van der Waals surface area contributed by atoms with Gasteiger partial charge in [0, 0.05) is 37.4 Å². The summed E-state index contributed by atoms with van der Waals surface area (Å²) >= 11 is 0. The Kier molecular flexibility index (Phi) is 3.80. The van der Waals surface area contributed by atoms with Crippen LogP contribution in [0.4, 0.5) is 5.69 Å². The first-order chi connectivity index (χ1) is 12.1. The van der Waals surface area contributed by atoms with E-state index in [0.29, 0.717) is 13.1 Å². The van der Waals surface area contributed by atoms with Gasteiger partial charge in [-0.15, -0.1) is 0 Å². The summed E-state index contributed by atoms with van der Waals surface area (Å²) in [7, 11) is 0. The van der Waals surface area contributed by atoms with Crippen LogP contribution in [0.15, 0.2) is 47.3 Å². The second kappa shape index (κ2) is 6.12. The van der Waals surface area contributed by atoms with Gasteiger partial charge in [0.1, 0.15) is 0 Å². The number of H-pyrrole nitrogens is 2. The quantitative estimate of drug-likeness (QED) is 0.753. The molecule has 1 amide bonds. The highest BCUT2D eigenvalue weighted by atomic mass is 16.2. The van der Waals surface area contributed by atoms with Crippen molar-refractivity contribution < 1.29 is 4.79 Å². The number of benzene rings is 2. The molecule has 2 N–H and O–H groups in total. The fraction of sp³-hybridized carbons (Fsp3) is 0.263. The van der Waals surface area contributed by atoms with E-state index in [1.54, 1.807) is 0 Å². The highest BCUT2D eigenvalue weighted by Gasteiger charge is 2.22. The maximum Gasteiger partial charge on any atom is 0.323 e. The number of amides is 1. The van der Waals surface area contributed by atoms with E-state index in [1.807, 2.05) is 54.3 Å². The van der Waals surface area contributed by atoms with Crippen LogP contribution in [0, 0.1) is 6.92 Å². The second-order valence-corrected chi connectivity index (χ2v) is 6.46. The van der Waals surface area contributed by atoms with Crippen LogP contribution in [0.3, 0.4) is 0 Å². The van der Waals surface area contributed by atoms with E-state index in [0.717, 1.165) is 40.9 Å². The Labute approximate surface area is 145 Å². The zero-order valence-electron chi connectivity index (χ0n) is 14.1. The second-order valence-electron chi connectivity index (χ2n) is 6.46. The molecule has 128 valence electrons. The van der Waals surface area contributed by atoms with Crippen molar-refractivity contribution in [3.63, 3.8) is 0 Å². The number of piperazine rings is 1. The van der Waals surface area contributed by atoms with Crippen LogP contribution in [0.25, 0.3) is 11.0 Å². The predicted octanol–water partition coefficient (Wildman–Crippen LogP) is 2.13. The standard InChI is InChI=1S/C19H20N4O2/c1-13-3-2-4-14(11-13)18(24)23-9-7-22(8-10-23)15-5-6-16-17(12-15)21-19(25)20-16/h2-6,11-12H,7-10H2,1H3,(H2,20,21,25). The van der Waals surface area contributed by atoms with E-state index in [9.17, 15) is 9.59 Å². The van der Waals surface area contributed by atoms with Gasteiger partial charge in [0.15, 0.2) is 0 Å². The summed E-state index contributed by atoms with van der Waals surface area (Å²) in [6.07, 6.45) is 0. The number of hydrogen-bond donors (Lipinski definition) is 2. The van der Waals surface area contributed by atoms with Crippen molar-refractivity contribution >= 4 is 22.6 Å². The van der Waals surface area contributed by atoms with Gasteiger partial charge in [-0.2, -0.15) is 0 Å². The fourth-order valence-electron chi connectivity index (χ4n) is 3.35. The van der Waals surface area contributed by atoms with E-state index in [2.05, 4.69) is 14.9 Å². The molecule has 0 saturated carbocycles. The van der Waals surface area contributed by atoms with Gasteiger partial charge in [-0.25, -0.2) is 4.79 Å². The van der Waals surface area contributed by atoms with Crippen molar-refractivity contribution in [2.24, 2.45) is 0 Å². The molecule has 0 atom stereocenters. The molecule has 25 heavy (non-hydrogen) atoms. The molecule has 4 rings (SSSR count). The average molecular weight is 336 g/mol. The highest BCUT2D eigenvalue weighted by Crippen LogP contribution is 2.21. The molecule has 2 aromatic carbocycles. The summed E-state index contributed by atoms with van der Waals surface area (Å²) < 4.78 is 0. The summed E-state index contributed by atoms with van der Waals surface area (Å²) in [6, 6.07) is 13.6. The number of carbonyl (C=O) groups excluding carboxylic acids is 1. The van der Waals surface area contributed by atoms with Gasteiger partial charge >= 0.3 is 5.69 Å². The minimum absolute atomic E-state index is 0.0915. The lowest BCUT2D eigenvalue weighted by molar-refractivity contribution is 0.0746. The molecule has 0 spiro atoms. The Morgan fingerprint density at radius 1 is 0.960 bits per heavy atom. The van der Waals surface area contributed by atoms with E-state index in [-0.39, 0.29) is 11.6 Å². The molecule has 3 aromatic rings. The van der Waals surface area contributed by atoms with Crippen LogP contribution in [-0.4, -0.2) is 47.0 Å². The molecule has 0 bridgehead atoms. The van der Waals surface area contributed by atoms with Gasteiger partial charge in [-0.1, -0.05) is 17.7 Å². The Balaban J connectivity index is 1.46. The van der Waals surface area contributed by atoms with Crippen LogP contribution in [0.1, 0.15) is 15.9 Å². The number of aromatic amines is 2. The molecule has 6 heteroatoms. The third-order valence-electron chi connectivity index (χ3n) is 4.70. The Hall–Kier alpha value is -3.02. The number of anilines is 1. The number of nitrogens with one attached hydrogen (secondary N) is 2. The summed E-state index contributed by atoms with van der Waals surface area (Å²) in [4.78, 5) is 33.7. The van der Waals surface area contributed by atoms with E-state index < -0.39 is 0 Å². The molecular weight excluding hydrogens is 316 g/mol. The molecule has 1 fully saturated rings. The summed E-state index contributed by atoms with van der Waals surface area (Å²) in [5.74, 6) is 0.0915. The minimum Gasteiger partial charge on any atom is -0.368 e. The number of carbonyl (C=O) groups is 1. The lowest BCUT2D eigenvalue weighted by atomic mass is 10.1. The van der Waals surface area contributed by atoms with Crippen LogP contribution >= 0.6 is 0 Å². The number of imidazole rings is 1. The van der Waals surface area contributed by atoms with Crippen molar-refractivity contribution in [1.29, 1.82) is 0 Å². The molecule has 0 unspecified atom stereocenters. The average Bonchev–Trinajstić information content (AvgIpc) is 3.00. The first-order valence-electron chi connectivity index (χ1n) is 8.43. The van der Waals surface area contributed by atoms with E-state index in [4.69, 9.17) is 0 Å². The van der Waals surface area contributed by atoms with Gasteiger partial charge < -0.3 is 19.8 Å². The molecule has 1 aliphatic rings. The molecule has 0 aliphatic carbocycles. The first-order valence-corrected chi connectivity index (χ1v) is 8.43. The van der Waals surface area contributed by atoms with E-state index in [1.165, 1.54) is 0 Å². The minimum atomic E-state index is -0.194. The number of hydrogen-bond acceptors (Lipinski definition) is 3. The van der Waals surface area contributed by atoms with Gasteiger partial charge in [0.2, 0.25) is 0 Å². The third-order valence-corrected chi connectivity index (χ3v) is 4.70. The van der Waals surface area contributed by atoms with Gasteiger partial charge in [0.05, 0.1) is 11.0 Å². The van der Waals surface area contributed by atoms with Crippen molar-refractivity contribution in [3.8, 4) is 0 Å². The number of aryl methyl sites for hydroxylation is 1. The molecule has 1 aromatic heterocycles. The Morgan fingerprint density at radius 2 is 1.72 bits per heavy atom. The Bertz CT molecular complexity index is 980. The summed E-state index contributed by atoms with van der Waals surface area (Å²) in [5.41, 5.74) is 4.33. The molecular formula is C19H20N4O2. The number of rotatable bonds is 2. The van der Waals surface area contributed by atoms with Crippen molar-refractivity contribution in [1.82, 2.24) is 14.9 Å². The predicted molar refractivity (Wildman–Crippen MR) is 98.2 cm³/mol. The highest BCUT2D eigenvalue weighted by molar-refractivity contribution is 5.94. The number of fused-ring (bicyclic) bond motifs is 1. The monoisotopic (exact) mass is 336 g/mol. The van der Waals surface area contributed by atoms with Gasteiger partial charge in [-0.05, 0) is 37.3 Å². The van der Waals surface area contributed by atoms with Crippen molar-refractivity contribution in [2.45, 2.75) is 6.92 Å². The lowest BCUT2D eigenvalue weighted by Crippen LogP contribution is -2.48. The largest absolute Gasteiger partial charge is 0.368 e. The molecule has 2 heterocycles. The normalized spacial score (nSPS) is 14.9. The zero-order chi connectivity index (χ0) is 17.4. The van der Waals surface area contributed by atoms with Crippen LogP contribution < -0.4 is 10.6 Å². The number of aromatic nitrogens is 2.